The molecule has 0 amide bonds. The molecule has 0 bridgehead atoms. The maximum atomic E-state index is 13.4. The van der Waals surface area contributed by atoms with E-state index in [0.29, 0.717) is 25.5 Å². The molecule has 1 aliphatic carbocycles. The summed E-state index contributed by atoms with van der Waals surface area (Å²) in [6, 6.07) is 6.78. The van der Waals surface area contributed by atoms with Crippen molar-refractivity contribution in [1.82, 2.24) is 10.6 Å². The molecule has 2 fully saturated rings. The van der Waals surface area contributed by atoms with Crippen LogP contribution in [0.25, 0.3) is 0 Å². The van der Waals surface area contributed by atoms with Crippen molar-refractivity contribution < 1.29 is 12.8 Å². The zero-order chi connectivity index (χ0) is 17.2. The van der Waals surface area contributed by atoms with Crippen molar-refractivity contribution in [3.8, 4) is 0 Å². The van der Waals surface area contributed by atoms with Crippen molar-refractivity contribution in [2.24, 2.45) is 10.9 Å². The zero-order valence-corrected chi connectivity index (χ0v) is 17.4. The normalized spacial score (nSPS) is 23.6. The second-order valence-electron chi connectivity index (χ2n) is 6.87. The Hall–Kier alpha value is -0.900. The monoisotopic (exact) mass is 481 g/mol. The van der Waals surface area contributed by atoms with Crippen molar-refractivity contribution in [3.05, 3.63) is 35.6 Å². The highest BCUT2D eigenvalue weighted by atomic mass is 127. The molecule has 2 N–H and O–H groups in total. The predicted molar refractivity (Wildman–Crippen MR) is 109 cm³/mol. The molecule has 1 atom stereocenters. The van der Waals surface area contributed by atoms with Gasteiger partial charge in [0, 0.05) is 25.6 Å². The van der Waals surface area contributed by atoms with Crippen LogP contribution >= 0.6 is 24.0 Å². The van der Waals surface area contributed by atoms with Gasteiger partial charge in [-0.3, -0.25) is 4.99 Å². The zero-order valence-electron chi connectivity index (χ0n) is 14.3. The lowest BCUT2D eigenvalue weighted by Gasteiger charge is -2.20. The van der Waals surface area contributed by atoms with Gasteiger partial charge in [0.2, 0.25) is 0 Å². The fraction of sp³-hybridized carbons (Fsp3) is 0.588. The van der Waals surface area contributed by atoms with Crippen LogP contribution < -0.4 is 10.6 Å². The average Bonchev–Trinajstić information content (AvgIpc) is 3.26. The van der Waals surface area contributed by atoms with Gasteiger partial charge in [-0.05, 0) is 42.9 Å². The molecule has 8 heteroatoms. The van der Waals surface area contributed by atoms with Gasteiger partial charge in [0.1, 0.15) is 5.82 Å². The van der Waals surface area contributed by atoms with Gasteiger partial charge in [0.25, 0.3) is 0 Å². The van der Waals surface area contributed by atoms with Gasteiger partial charge < -0.3 is 10.6 Å². The maximum absolute atomic E-state index is 13.4. The molecule has 1 saturated carbocycles. The number of benzene rings is 1. The van der Waals surface area contributed by atoms with Crippen molar-refractivity contribution >= 4 is 39.8 Å². The molecule has 3 rings (SSSR count). The van der Waals surface area contributed by atoms with Crippen LogP contribution in [0, 0.1) is 11.7 Å². The van der Waals surface area contributed by atoms with Gasteiger partial charge >= 0.3 is 0 Å². The standard InChI is InChI=1S/C17H24FN3O2S.HI/c1-19-16(20-10-13-5-8-24(22,23)11-13)21-12-17(6-7-17)14-3-2-4-15(18)9-14;/h2-4,9,13H,5-8,10-12H2,1H3,(H2,19,20,21);1H. The maximum Gasteiger partial charge on any atom is 0.191 e. The van der Waals surface area contributed by atoms with Gasteiger partial charge in [0.15, 0.2) is 15.8 Å². The highest BCUT2D eigenvalue weighted by molar-refractivity contribution is 14.0. The third-order valence-corrected chi connectivity index (χ3v) is 6.83. The summed E-state index contributed by atoms with van der Waals surface area (Å²) in [5.74, 6) is 1.15. The molecule has 5 nitrogen and oxygen atoms in total. The minimum atomic E-state index is -2.85. The Bertz CT molecular complexity index is 735. The van der Waals surface area contributed by atoms with Crippen molar-refractivity contribution in [2.45, 2.75) is 24.7 Å². The Balaban J connectivity index is 0.00000225. The van der Waals surface area contributed by atoms with E-state index in [1.165, 1.54) is 6.07 Å². The first-order valence-electron chi connectivity index (χ1n) is 8.33. The molecule has 0 radical (unpaired) electrons. The summed E-state index contributed by atoms with van der Waals surface area (Å²) < 4.78 is 36.4. The summed E-state index contributed by atoms with van der Waals surface area (Å²) in [6.07, 6.45) is 2.77. The highest BCUT2D eigenvalue weighted by Gasteiger charge is 2.44. The Morgan fingerprint density at radius 1 is 1.36 bits per heavy atom. The summed E-state index contributed by atoms with van der Waals surface area (Å²) in [4.78, 5) is 4.20. The summed E-state index contributed by atoms with van der Waals surface area (Å²) in [6.45, 7) is 1.30. The highest BCUT2D eigenvalue weighted by Crippen LogP contribution is 2.47. The summed E-state index contributed by atoms with van der Waals surface area (Å²) >= 11 is 0. The van der Waals surface area contributed by atoms with Gasteiger partial charge in [0.05, 0.1) is 11.5 Å². The van der Waals surface area contributed by atoms with Crippen LogP contribution in [0.1, 0.15) is 24.8 Å². The van der Waals surface area contributed by atoms with Crippen LogP contribution in [0.5, 0.6) is 0 Å². The first kappa shape index (κ1) is 20.4. The van der Waals surface area contributed by atoms with E-state index in [0.717, 1.165) is 18.4 Å². The van der Waals surface area contributed by atoms with E-state index >= 15 is 0 Å². The third-order valence-electron chi connectivity index (χ3n) is 4.99. The van der Waals surface area contributed by atoms with E-state index in [1.807, 2.05) is 6.07 Å². The summed E-state index contributed by atoms with van der Waals surface area (Å²) in [7, 11) is -1.15. The fourth-order valence-electron chi connectivity index (χ4n) is 3.28. The van der Waals surface area contributed by atoms with E-state index in [-0.39, 0.29) is 52.6 Å². The van der Waals surface area contributed by atoms with E-state index in [9.17, 15) is 12.8 Å². The number of halogens is 2. The van der Waals surface area contributed by atoms with E-state index in [2.05, 4.69) is 15.6 Å². The molecule has 1 aliphatic heterocycles. The van der Waals surface area contributed by atoms with Crippen LogP contribution in [-0.4, -0.2) is 46.0 Å². The van der Waals surface area contributed by atoms with E-state index < -0.39 is 9.84 Å². The Morgan fingerprint density at radius 3 is 2.68 bits per heavy atom. The molecule has 0 spiro atoms. The lowest BCUT2D eigenvalue weighted by molar-refractivity contribution is 0.561. The third kappa shape index (κ3) is 5.29. The number of aliphatic imine (C=N–C) groups is 1. The number of hydrogen-bond acceptors (Lipinski definition) is 3. The smallest absolute Gasteiger partial charge is 0.191 e. The SMILES string of the molecule is CN=C(NCC1CCS(=O)(=O)C1)NCC1(c2cccc(F)c2)CC1.I. The fourth-order valence-corrected chi connectivity index (χ4v) is 5.15. The summed E-state index contributed by atoms with van der Waals surface area (Å²) in [5.41, 5.74) is 1.00. The molecular weight excluding hydrogens is 456 g/mol. The van der Waals surface area contributed by atoms with Gasteiger partial charge in [-0.25, -0.2) is 12.8 Å². The number of nitrogens with zero attached hydrogens (tertiary/aromatic N) is 1. The Morgan fingerprint density at radius 2 is 2.12 bits per heavy atom. The first-order chi connectivity index (χ1) is 11.4. The number of guanidine groups is 1. The average molecular weight is 481 g/mol. The van der Waals surface area contributed by atoms with E-state index in [4.69, 9.17) is 0 Å². The molecule has 140 valence electrons. The largest absolute Gasteiger partial charge is 0.356 e. The molecule has 25 heavy (non-hydrogen) atoms. The second-order valence-corrected chi connectivity index (χ2v) is 9.10. The molecule has 0 aromatic heterocycles. The molecule has 1 aromatic carbocycles. The molecular formula is C17H25FIN3O2S. The van der Waals surface area contributed by atoms with Gasteiger partial charge in [-0.1, -0.05) is 12.1 Å². The van der Waals surface area contributed by atoms with Crippen molar-refractivity contribution in [1.29, 1.82) is 0 Å². The number of nitrogens with one attached hydrogen (secondary N) is 2. The number of hydrogen-bond donors (Lipinski definition) is 2. The quantitative estimate of drug-likeness (QED) is 0.384. The molecule has 1 heterocycles. The van der Waals surface area contributed by atoms with Crippen LogP contribution in [-0.2, 0) is 15.3 Å². The van der Waals surface area contributed by atoms with Crippen LogP contribution in [0.15, 0.2) is 29.3 Å². The van der Waals surface area contributed by atoms with Crippen LogP contribution in [0.3, 0.4) is 0 Å². The Kier molecular flexibility index (Phi) is 6.69. The van der Waals surface area contributed by atoms with Crippen molar-refractivity contribution in [3.63, 3.8) is 0 Å². The lowest BCUT2D eigenvalue weighted by atomic mass is 9.96. The molecule has 1 unspecified atom stereocenters. The molecule has 1 aromatic rings. The Labute approximate surface area is 165 Å². The van der Waals surface area contributed by atoms with Gasteiger partial charge in [-0.15, -0.1) is 24.0 Å². The topological polar surface area (TPSA) is 70.6 Å². The van der Waals surface area contributed by atoms with Crippen LogP contribution in [0.4, 0.5) is 4.39 Å². The number of sulfone groups is 1. The summed E-state index contributed by atoms with van der Waals surface area (Å²) in [5, 5.41) is 6.51. The minimum absolute atomic E-state index is 0. The number of rotatable bonds is 5. The second kappa shape index (κ2) is 8.20. The first-order valence-corrected chi connectivity index (χ1v) is 10.2. The molecule has 2 aliphatic rings. The van der Waals surface area contributed by atoms with Crippen molar-refractivity contribution in [2.75, 3.05) is 31.6 Å². The minimum Gasteiger partial charge on any atom is -0.356 e. The van der Waals surface area contributed by atoms with E-state index in [1.54, 1.807) is 19.2 Å². The van der Waals surface area contributed by atoms with Crippen LogP contribution in [0.2, 0.25) is 0 Å². The molecule has 1 saturated heterocycles. The lowest BCUT2D eigenvalue weighted by Crippen LogP contribution is -2.43. The predicted octanol–water partition coefficient (Wildman–Crippen LogP) is 2.08. The van der Waals surface area contributed by atoms with Gasteiger partial charge in [-0.2, -0.15) is 0 Å².